The number of rotatable bonds is 3. The molecule has 0 radical (unpaired) electrons. The number of nitrogens with zero attached hydrogens (tertiary/aromatic N) is 2. The highest BCUT2D eigenvalue weighted by Gasteiger charge is 2.41. The van der Waals surface area contributed by atoms with Crippen LogP contribution in [0.1, 0.15) is 49.1 Å². The van der Waals surface area contributed by atoms with E-state index in [4.69, 9.17) is 4.74 Å². The van der Waals surface area contributed by atoms with E-state index in [9.17, 15) is 4.79 Å². The lowest BCUT2D eigenvalue weighted by Crippen LogP contribution is -2.49. The number of ether oxygens (including phenoxy) is 1. The first-order valence-corrected chi connectivity index (χ1v) is 12.2. The van der Waals surface area contributed by atoms with Gasteiger partial charge in [0.15, 0.2) is 0 Å². The van der Waals surface area contributed by atoms with Crippen LogP contribution >= 0.6 is 15.9 Å². The summed E-state index contributed by atoms with van der Waals surface area (Å²) >= 11 is 3.84. The molecule has 1 aromatic carbocycles. The second-order valence-corrected chi connectivity index (χ2v) is 10.2. The van der Waals surface area contributed by atoms with Gasteiger partial charge in [-0.25, -0.2) is 0 Å². The number of fused-ring (bicyclic) bond motifs is 2. The fourth-order valence-corrected chi connectivity index (χ4v) is 6.56. The van der Waals surface area contributed by atoms with E-state index in [0.717, 1.165) is 45.2 Å². The molecule has 5 rings (SSSR count). The molecule has 5 nitrogen and oxygen atoms in total. The molecule has 2 aromatic rings. The van der Waals surface area contributed by atoms with Gasteiger partial charge in [-0.15, -0.1) is 0 Å². The van der Waals surface area contributed by atoms with E-state index in [-0.39, 0.29) is 12.0 Å². The van der Waals surface area contributed by atoms with Crippen molar-refractivity contribution in [3.63, 3.8) is 0 Å². The topological polar surface area (TPSA) is 46.5 Å². The van der Waals surface area contributed by atoms with Crippen molar-refractivity contribution in [2.24, 2.45) is 13.0 Å². The minimum Gasteiger partial charge on any atom is -0.464 e. The van der Waals surface area contributed by atoms with Gasteiger partial charge in [-0.05, 0) is 72.4 Å². The summed E-state index contributed by atoms with van der Waals surface area (Å²) in [6.45, 7) is 2.45. The Hall–Kier alpha value is -1.37. The summed E-state index contributed by atoms with van der Waals surface area (Å²) in [5.41, 5.74) is 4.22. The normalized spacial score (nSPS) is 29.4. The average Bonchev–Trinajstić information content (AvgIpc) is 2.95. The number of benzene rings is 1. The summed E-state index contributed by atoms with van der Waals surface area (Å²) in [5, 5.41) is 4.80. The predicted octanol–water partition coefficient (Wildman–Crippen LogP) is 3.98. The Morgan fingerprint density at radius 3 is 3.00 bits per heavy atom. The first-order valence-electron chi connectivity index (χ1n) is 11.4. The van der Waals surface area contributed by atoms with E-state index in [1.807, 2.05) is 0 Å². The molecule has 2 saturated heterocycles. The lowest BCUT2D eigenvalue weighted by molar-refractivity contribution is -0.148. The van der Waals surface area contributed by atoms with Crippen LogP contribution in [-0.2, 0) is 23.0 Å². The molecule has 0 spiro atoms. The highest BCUT2D eigenvalue weighted by atomic mass is 79.9. The molecule has 0 bridgehead atoms. The van der Waals surface area contributed by atoms with Gasteiger partial charge in [0, 0.05) is 42.4 Å². The first-order chi connectivity index (χ1) is 14.5. The van der Waals surface area contributed by atoms with Crippen molar-refractivity contribution in [3.05, 3.63) is 33.9 Å². The SMILES string of the molecule is CN1C[C@H](COC(=O)C2CCCCCN2)CC2c3cccc4c3c(c(Br)n4C)C[C@H]21. The van der Waals surface area contributed by atoms with E-state index in [2.05, 4.69) is 63.0 Å². The number of carbonyl (C=O) groups excluding carboxylic acids is 1. The fourth-order valence-electron chi connectivity index (χ4n) is 6.01. The van der Waals surface area contributed by atoms with Gasteiger partial charge >= 0.3 is 5.97 Å². The van der Waals surface area contributed by atoms with Crippen LogP contribution in [0.4, 0.5) is 0 Å². The molecule has 3 aliphatic rings. The summed E-state index contributed by atoms with van der Waals surface area (Å²) in [5.74, 6) is 0.825. The van der Waals surface area contributed by atoms with Gasteiger partial charge < -0.3 is 19.5 Å². The van der Waals surface area contributed by atoms with Crippen molar-refractivity contribution in [1.29, 1.82) is 0 Å². The molecule has 2 fully saturated rings. The van der Waals surface area contributed by atoms with Crippen LogP contribution in [0.15, 0.2) is 22.8 Å². The van der Waals surface area contributed by atoms with Crippen LogP contribution < -0.4 is 5.32 Å². The number of piperidine rings is 1. The highest BCUT2D eigenvalue weighted by molar-refractivity contribution is 9.10. The van der Waals surface area contributed by atoms with E-state index < -0.39 is 0 Å². The monoisotopic (exact) mass is 473 g/mol. The molecule has 0 amide bonds. The summed E-state index contributed by atoms with van der Waals surface area (Å²) < 4.78 is 9.31. The van der Waals surface area contributed by atoms with Gasteiger partial charge in [-0.1, -0.05) is 25.0 Å². The summed E-state index contributed by atoms with van der Waals surface area (Å²) in [7, 11) is 4.38. The van der Waals surface area contributed by atoms with Crippen LogP contribution in [-0.4, -0.2) is 54.3 Å². The van der Waals surface area contributed by atoms with Crippen molar-refractivity contribution >= 4 is 32.8 Å². The van der Waals surface area contributed by atoms with Crippen LogP contribution in [0.2, 0.25) is 0 Å². The number of hydrogen-bond donors (Lipinski definition) is 1. The Balaban J connectivity index is 1.33. The van der Waals surface area contributed by atoms with E-state index in [0.29, 0.717) is 24.5 Å². The Morgan fingerprint density at radius 1 is 1.27 bits per heavy atom. The lowest BCUT2D eigenvalue weighted by Gasteiger charge is -2.45. The van der Waals surface area contributed by atoms with Crippen molar-refractivity contribution < 1.29 is 9.53 Å². The smallest absolute Gasteiger partial charge is 0.323 e. The number of nitrogens with one attached hydrogen (secondary N) is 1. The second kappa shape index (κ2) is 8.29. The van der Waals surface area contributed by atoms with Crippen molar-refractivity contribution in [3.8, 4) is 0 Å². The van der Waals surface area contributed by atoms with Crippen molar-refractivity contribution in [2.75, 3.05) is 26.7 Å². The highest BCUT2D eigenvalue weighted by Crippen LogP contribution is 2.47. The molecular formula is C24H32BrN3O2. The third kappa shape index (κ3) is 3.51. The molecule has 2 aliphatic heterocycles. The van der Waals surface area contributed by atoms with Gasteiger partial charge in [0.1, 0.15) is 6.04 Å². The van der Waals surface area contributed by atoms with Gasteiger partial charge in [0.25, 0.3) is 0 Å². The number of halogens is 1. The third-order valence-electron chi connectivity index (χ3n) is 7.56. The number of hydrogen-bond acceptors (Lipinski definition) is 4. The molecule has 0 saturated carbocycles. The molecule has 30 heavy (non-hydrogen) atoms. The molecular weight excluding hydrogens is 442 g/mol. The molecule has 6 heteroatoms. The number of likely N-dealkylation sites (tertiary alicyclic amines) is 1. The fraction of sp³-hybridized carbons (Fsp3) is 0.625. The van der Waals surface area contributed by atoms with Crippen LogP contribution in [0.5, 0.6) is 0 Å². The molecule has 162 valence electrons. The zero-order valence-electron chi connectivity index (χ0n) is 18.0. The Bertz CT molecular complexity index is 948. The maximum atomic E-state index is 12.6. The van der Waals surface area contributed by atoms with Crippen molar-refractivity contribution in [2.45, 2.75) is 56.5 Å². The molecule has 1 aromatic heterocycles. The molecule has 1 aliphatic carbocycles. The van der Waals surface area contributed by atoms with Gasteiger partial charge in [0.2, 0.25) is 0 Å². The summed E-state index contributed by atoms with van der Waals surface area (Å²) in [6, 6.07) is 7.12. The van der Waals surface area contributed by atoms with E-state index in [1.54, 1.807) is 0 Å². The van der Waals surface area contributed by atoms with Gasteiger partial charge in [-0.2, -0.15) is 0 Å². The largest absolute Gasteiger partial charge is 0.464 e. The molecule has 2 unspecified atom stereocenters. The van der Waals surface area contributed by atoms with Crippen LogP contribution in [0, 0.1) is 5.92 Å². The zero-order valence-corrected chi connectivity index (χ0v) is 19.6. The average molecular weight is 474 g/mol. The summed E-state index contributed by atoms with van der Waals surface area (Å²) in [4.78, 5) is 15.1. The second-order valence-electron chi connectivity index (χ2n) is 9.48. The van der Waals surface area contributed by atoms with Gasteiger partial charge in [0.05, 0.1) is 11.2 Å². The zero-order chi connectivity index (χ0) is 20.8. The molecule has 4 atom stereocenters. The Morgan fingerprint density at radius 2 is 2.13 bits per heavy atom. The number of esters is 1. The number of likely N-dealkylation sites (N-methyl/N-ethyl adjacent to an activating group) is 1. The quantitative estimate of drug-likeness (QED) is 0.684. The van der Waals surface area contributed by atoms with Crippen molar-refractivity contribution in [1.82, 2.24) is 14.8 Å². The van der Waals surface area contributed by atoms with E-state index >= 15 is 0 Å². The molecule has 1 N–H and O–H groups in total. The Kier molecular flexibility index (Phi) is 5.67. The maximum absolute atomic E-state index is 12.6. The molecule has 3 heterocycles. The van der Waals surface area contributed by atoms with Crippen LogP contribution in [0.3, 0.4) is 0 Å². The maximum Gasteiger partial charge on any atom is 0.323 e. The van der Waals surface area contributed by atoms with Gasteiger partial charge in [-0.3, -0.25) is 4.79 Å². The predicted molar refractivity (Wildman–Crippen MR) is 123 cm³/mol. The number of aromatic nitrogens is 1. The minimum absolute atomic E-state index is 0.0540. The first kappa shape index (κ1) is 20.5. The lowest BCUT2D eigenvalue weighted by atomic mass is 9.72. The van der Waals surface area contributed by atoms with E-state index in [1.165, 1.54) is 33.1 Å². The Labute approximate surface area is 187 Å². The standard InChI is InChI=1S/C24H32BrN3O2/c1-27-13-15(14-30-24(29)19-8-4-3-5-10-26-19)11-17-16-7-6-9-20-22(16)18(12-21(17)27)23(25)28(20)2/h6-7,9,15,17,19,21,26H,3-5,8,10-14H2,1-2H3/t15-,17?,19?,21-/m1/s1. The minimum atomic E-state index is -0.116. The third-order valence-corrected chi connectivity index (χ3v) is 8.57. The van der Waals surface area contributed by atoms with Crippen LogP contribution in [0.25, 0.3) is 10.9 Å². The summed E-state index contributed by atoms with van der Waals surface area (Å²) in [6.07, 6.45) is 6.54. The number of aryl methyl sites for hydroxylation is 1. The number of carbonyl (C=O) groups is 1.